The van der Waals surface area contributed by atoms with Crippen LogP contribution < -0.4 is 0 Å². The second-order valence-electron chi connectivity index (χ2n) is 3.85. The molecule has 0 aromatic carbocycles. The minimum Gasteiger partial charge on any atom is -0.395 e. The molecule has 1 rings (SSSR count). The fourth-order valence-corrected chi connectivity index (χ4v) is 1.64. The highest BCUT2D eigenvalue weighted by molar-refractivity contribution is 5.95. The van der Waals surface area contributed by atoms with Crippen molar-refractivity contribution in [3.8, 4) is 0 Å². The van der Waals surface area contributed by atoms with Crippen LogP contribution in [0.4, 0.5) is 0 Å². The van der Waals surface area contributed by atoms with Crippen molar-refractivity contribution in [2.24, 2.45) is 0 Å². The van der Waals surface area contributed by atoms with E-state index in [4.69, 9.17) is 5.11 Å². The molecular formula is C13H18N2O2. The molecular weight excluding hydrogens is 216 g/mol. The Morgan fingerprint density at radius 2 is 2.24 bits per heavy atom. The number of carbonyl (C=O) groups excluding carboxylic acids is 1. The first-order valence-electron chi connectivity index (χ1n) is 5.55. The molecule has 1 aromatic heterocycles. The average Bonchev–Trinajstić information content (AvgIpc) is 2.28. The van der Waals surface area contributed by atoms with Crippen molar-refractivity contribution < 1.29 is 9.90 Å². The topological polar surface area (TPSA) is 53.4 Å². The molecule has 0 saturated carbocycles. The third-order valence-electron chi connectivity index (χ3n) is 2.46. The first-order chi connectivity index (χ1) is 8.10. The van der Waals surface area contributed by atoms with Gasteiger partial charge in [0.2, 0.25) is 0 Å². The quantitative estimate of drug-likeness (QED) is 0.782. The molecule has 0 spiro atoms. The Hall–Kier alpha value is -1.68. The summed E-state index contributed by atoms with van der Waals surface area (Å²) >= 11 is 0. The number of aliphatic hydroxyl groups is 1. The van der Waals surface area contributed by atoms with Gasteiger partial charge in [-0.05, 0) is 26.0 Å². The van der Waals surface area contributed by atoms with E-state index >= 15 is 0 Å². The van der Waals surface area contributed by atoms with Crippen LogP contribution in [0.1, 0.15) is 21.7 Å². The number of nitrogens with zero attached hydrogens (tertiary/aromatic N) is 2. The number of aryl methyl sites for hydroxylation is 2. The predicted octanol–water partition coefficient (Wildman–Crippen LogP) is 1.32. The van der Waals surface area contributed by atoms with Gasteiger partial charge in [0, 0.05) is 18.8 Å². The van der Waals surface area contributed by atoms with Gasteiger partial charge < -0.3 is 10.0 Å². The molecule has 92 valence electrons. The second kappa shape index (κ2) is 6.15. The van der Waals surface area contributed by atoms with Crippen LogP contribution in [-0.2, 0) is 0 Å². The first kappa shape index (κ1) is 13.4. The van der Waals surface area contributed by atoms with Crippen molar-refractivity contribution >= 4 is 5.91 Å². The van der Waals surface area contributed by atoms with Crippen LogP contribution in [0.25, 0.3) is 0 Å². The van der Waals surface area contributed by atoms with Crippen molar-refractivity contribution in [1.82, 2.24) is 9.88 Å². The molecule has 1 amide bonds. The number of hydrogen-bond acceptors (Lipinski definition) is 3. The Labute approximate surface area is 102 Å². The van der Waals surface area contributed by atoms with Gasteiger partial charge in [-0.15, -0.1) is 6.58 Å². The van der Waals surface area contributed by atoms with Gasteiger partial charge in [-0.1, -0.05) is 6.08 Å². The SMILES string of the molecule is C=CCN(CCO)C(=O)c1ccc(C)nc1C. The third-order valence-corrected chi connectivity index (χ3v) is 2.46. The largest absolute Gasteiger partial charge is 0.395 e. The van der Waals surface area contributed by atoms with E-state index < -0.39 is 0 Å². The van der Waals surface area contributed by atoms with E-state index in [1.807, 2.05) is 19.9 Å². The third kappa shape index (κ3) is 3.39. The molecule has 17 heavy (non-hydrogen) atoms. The Morgan fingerprint density at radius 1 is 1.53 bits per heavy atom. The van der Waals surface area contributed by atoms with Crippen LogP contribution in [-0.4, -0.2) is 40.6 Å². The van der Waals surface area contributed by atoms with Gasteiger partial charge in [0.05, 0.1) is 17.9 Å². The molecule has 0 fully saturated rings. The average molecular weight is 234 g/mol. The van der Waals surface area contributed by atoms with Crippen LogP contribution in [0, 0.1) is 13.8 Å². The van der Waals surface area contributed by atoms with E-state index in [0.29, 0.717) is 24.3 Å². The number of pyridine rings is 1. The van der Waals surface area contributed by atoms with E-state index in [-0.39, 0.29) is 12.5 Å². The predicted molar refractivity (Wildman–Crippen MR) is 66.9 cm³/mol. The van der Waals surface area contributed by atoms with Gasteiger partial charge in [-0.2, -0.15) is 0 Å². The summed E-state index contributed by atoms with van der Waals surface area (Å²) in [6, 6.07) is 3.58. The van der Waals surface area contributed by atoms with Crippen LogP contribution in [0.2, 0.25) is 0 Å². The maximum absolute atomic E-state index is 12.2. The normalized spacial score (nSPS) is 10.1. The van der Waals surface area contributed by atoms with Crippen molar-refractivity contribution in [1.29, 1.82) is 0 Å². The summed E-state index contributed by atoms with van der Waals surface area (Å²) in [7, 11) is 0. The highest BCUT2D eigenvalue weighted by Crippen LogP contribution is 2.10. The Kier molecular flexibility index (Phi) is 4.84. The Bertz CT molecular complexity index is 416. The molecule has 0 aliphatic carbocycles. The van der Waals surface area contributed by atoms with Crippen molar-refractivity contribution in [3.63, 3.8) is 0 Å². The Morgan fingerprint density at radius 3 is 2.76 bits per heavy atom. The summed E-state index contributed by atoms with van der Waals surface area (Å²) in [5.41, 5.74) is 2.17. The van der Waals surface area contributed by atoms with Gasteiger partial charge in [0.15, 0.2) is 0 Å². The zero-order chi connectivity index (χ0) is 12.8. The van der Waals surface area contributed by atoms with Gasteiger partial charge in [-0.25, -0.2) is 0 Å². The van der Waals surface area contributed by atoms with Crippen molar-refractivity contribution in [2.75, 3.05) is 19.7 Å². The maximum atomic E-state index is 12.2. The van der Waals surface area contributed by atoms with Crippen molar-refractivity contribution in [2.45, 2.75) is 13.8 Å². The minimum atomic E-state index is -0.121. The number of hydrogen-bond donors (Lipinski definition) is 1. The molecule has 0 atom stereocenters. The van der Waals surface area contributed by atoms with Crippen molar-refractivity contribution in [3.05, 3.63) is 41.7 Å². The maximum Gasteiger partial charge on any atom is 0.256 e. The lowest BCUT2D eigenvalue weighted by Gasteiger charge is -2.20. The van der Waals surface area contributed by atoms with E-state index in [1.165, 1.54) is 0 Å². The van der Waals surface area contributed by atoms with Crippen LogP contribution in [0.15, 0.2) is 24.8 Å². The molecule has 0 aliphatic rings. The molecule has 1 heterocycles. The fraction of sp³-hybridized carbons (Fsp3) is 0.385. The Balaban J connectivity index is 2.96. The molecule has 0 aliphatic heterocycles. The number of rotatable bonds is 5. The molecule has 1 aromatic rings. The van der Waals surface area contributed by atoms with Gasteiger partial charge in [0.1, 0.15) is 0 Å². The van der Waals surface area contributed by atoms with E-state index in [9.17, 15) is 4.79 Å². The monoisotopic (exact) mass is 234 g/mol. The number of carbonyl (C=O) groups is 1. The second-order valence-corrected chi connectivity index (χ2v) is 3.85. The molecule has 4 nitrogen and oxygen atoms in total. The standard InChI is InChI=1S/C13H18N2O2/c1-4-7-15(8-9-16)13(17)12-6-5-10(2)14-11(12)3/h4-6,16H,1,7-9H2,2-3H3. The lowest BCUT2D eigenvalue weighted by molar-refractivity contribution is 0.0741. The lowest BCUT2D eigenvalue weighted by Crippen LogP contribution is -2.34. The number of amides is 1. The van der Waals surface area contributed by atoms with E-state index in [1.54, 1.807) is 17.0 Å². The summed E-state index contributed by atoms with van der Waals surface area (Å²) in [6.45, 7) is 7.97. The number of aromatic nitrogens is 1. The van der Waals surface area contributed by atoms with Crippen LogP contribution in [0.3, 0.4) is 0 Å². The zero-order valence-electron chi connectivity index (χ0n) is 10.3. The zero-order valence-corrected chi connectivity index (χ0v) is 10.3. The summed E-state index contributed by atoms with van der Waals surface area (Å²) < 4.78 is 0. The summed E-state index contributed by atoms with van der Waals surface area (Å²) in [5, 5.41) is 8.93. The molecule has 1 N–H and O–H groups in total. The van der Waals surface area contributed by atoms with Gasteiger partial charge >= 0.3 is 0 Å². The van der Waals surface area contributed by atoms with Gasteiger partial charge in [0.25, 0.3) is 5.91 Å². The van der Waals surface area contributed by atoms with Crippen LogP contribution in [0.5, 0.6) is 0 Å². The summed E-state index contributed by atoms with van der Waals surface area (Å²) in [5.74, 6) is -0.121. The summed E-state index contributed by atoms with van der Waals surface area (Å²) in [6.07, 6.45) is 1.64. The minimum absolute atomic E-state index is 0.0576. The van der Waals surface area contributed by atoms with Crippen LogP contribution >= 0.6 is 0 Å². The van der Waals surface area contributed by atoms with E-state index in [0.717, 1.165) is 5.69 Å². The molecule has 4 heteroatoms. The molecule has 0 saturated heterocycles. The molecule has 0 unspecified atom stereocenters. The molecule has 0 radical (unpaired) electrons. The summed E-state index contributed by atoms with van der Waals surface area (Å²) in [4.78, 5) is 18.0. The fourth-order valence-electron chi connectivity index (χ4n) is 1.64. The van der Waals surface area contributed by atoms with E-state index in [2.05, 4.69) is 11.6 Å². The van der Waals surface area contributed by atoms with Gasteiger partial charge in [-0.3, -0.25) is 9.78 Å². The molecule has 0 bridgehead atoms. The number of aliphatic hydroxyl groups excluding tert-OH is 1. The highest BCUT2D eigenvalue weighted by atomic mass is 16.3. The first-order valence-corrected chi connectivity index (χ1v) is 5.55. The smallest absolute Gasteiger partial charge is 0.256 e. The lowest BCUT2D eigenvalue weighted by atomic mass is 10.1. The highest BCUT2D eigenvalue weighted by Gasteiger charge is 2.16.